The van der Waals surface area contributed by atoms with Crippen molar-refractivity contribution in [2.24, 2.45) is 0 Å². The number of amides is 1. The zero-order valence-corrected chi connectivity index (χ0v) is 22.5. The lowest BCUT2D eigenvalue weighted by atomic mass is 9.95. The van der Waals surface area contributed by atoms with Gasteiger partial charge in [-0.15, -0.1) is 0 Å². The maximum Gasteiger partial charge on any atom is 0.296 e. The number of carbonyl (C=O) groups excluding carboxylic acids is 3. The Labute approximate surface area is 226 Å². The number of nitrogens with zero attached hydrogens (tertiary/aromatic N) is 2. The highest BCUT2D eigenvalue weighted by molar-refractivity contribution is 7.17. The van der Waals surface area contributed by atoms with Crippen LogP contribution in [0.5, 0.6) is 5.75 Å². The molecule has 4 rings (SSSR count). The largest absolute Gasteiger partial charge is 0.503 e. The van der Waals surface area contributed by atoms with E-state index in [0.29, 0.717) is 28.5 Å². The molecule has 1 aliphatic rings. The third-order valence-electron chi connectivity index (χ3n) is 6.20. The lowest BCUT2D eigenvalue weighted by Gasteiger charge is -2.24. The fraction of sp³-hybridized carbons (Fsp3) is 0.267. The van der Waals surface area contributed by atoms with Crippen molar-refractivity contribution in [3.05, 3.63) is 93.7 Å². The molecule has 8 heteroatoms. The molecule has 38 heavy (non-hydrogen) atoms. The normalized spacial score (nSPS) is 15.5. The standard InChI is InChI=1S/C30H30N2O5S/c1-4-5-9-17-37-23-14-10-13-22(18-23)26-25(24(34)16-15-21-11-7-6-8-12-21)27(35)29(36)32(26)30-31-19(2)28(38-30)20(3)33/h6-8,10-16,18,26,35H,4-5,9,17H2,1-3H3/b16-15+. The smallest absolute Gasteiger partial charge is 0.296 e. The number of rotatable bonds is 11. The summed E-state index contributed by atoms with van der Waals surface area (Å²) in [6, 6.07) is 15.5. The molecule has 0 aliphatic carbocycles. The summed E-state index contributed by atoms with van der Waals surface area (Å²) in [7, 11) is 0. The van der Waals surface area contributed by atoms with E-state index in [0.717, 1.165) is 36.2 Å². The highest BCUT2D eigenvalue weighted by atomic mass is 32.1. The summed E-state index contributed by atoms with van der Waals surface area (Å²) in [6.45, 7) is 5.80. The molecular weight excluding hydrogens is 500 g/mol. The van der Waals surface area contributed by atoms with Crippen LogP contribution in [0.4, 0.5) is 5.13 Å². The van der Waals surface area contributed by atoms with Gasteiger partial charge in [0.1, 0.15) is 5.75 Å². The van der Waals surface area contributed by atoms with E-state index in [1.54, 1.807) is 31.2 Å². The van der Waals surface area contributed by atoms with Crippen molar-refractivity contribution in [1.29, 1.82) is 0 Å². The number of hydrogen-bond acceptors (Lipinski definition) is 7. The third kappa shape index (κ3) is 5.75. The number of aromatic nitrogens is 1. The second kappa shape index (κ2) is 12.0. The topological polar surface area (TPSA) is 96.8 Å². The Balaban J connectivity index is 1.76. The Hall–Kier alpha value is -4.04. The van der Waals surface area contributed by atoms with Crippen LogP contribution in [-0.4, -0.2) is 34.2 Å². The van der Waals surface area contributed by atoms with Crippen LogP contribution in [0.25, 0.3) is 6.08 Å². The zero-order chi connectivity index (χ0) is 27.2. The number of hydrogen-bond donors (Lipinski definition) is 1. The monoisotopic (exact) mass is 530 g/mol. The maximum atomic E-state index is 13.5. The molecule has 1 atom stereocenters. The first kappa shape index (κ1) is 27.0. The first-order valence-electron chi connectivity index (χ1n) is 12.6. The Kier molecular flexibility index (Phi) is 8.53. The first-order valence-corrected chi connectivity index (χ1v) is 13.4. The average Bonchev–Trinajstić information content (AvgIpc) is 3.43. The van der Waals surface area contributed by atoms with Gasteiger partial charge in [0.25, 0.3) is 5.91 Å². The Morgan fingerprint density at radius 1 is 1.13 bits per heavy atom. The van der Waals surface area contributed by atoms with Gasteiger partial charge in [0.2, 0.25) is 0 Å². The second-order valence-corrected chi connectivity index (χ2v) is 10.0. The summed E-state index contributed by atoms with van der Waals surface area (Å²) < 4.78 is 5.92. The van der Waals surface area contributed by atoms with E-state index in [2.05, 4.69) is 11.9 Å². The van der Waals surface area contributed by atoms with Crippen LogP contribution in [0.1, 0.15) is 65.6 Å². The average molecular weight is 531 g/mol. The number of Topliss-reactive ketones (excluding diaryl/α,β-unsaturated/α-hetero) is 1. The van der Waals surface area contributed by atoms with Gasteiger partial charge in [-0.1, -0.05) is 79.6 Å². The molecule has 0 saturated carbocycles. The number of carbonyl (C=O) groups is 3. The number of aliphatic hydroxyl groups excluding tert-OH is 1. The van der Waals surface area contributed by atoms with Gasteiger partial charge >= 0.3 is 0 Å². The number of allylic oxidation sites excluding steroid dienone is 1. The summed E-state index contributed by atoms with van der Waals surface area (Å²) in [6.07, 6.45) is 6.03. The Morgan fingerprint density at radius 3 is 2.58 bits per heavy atom. The molecule has 0 fully saturated rings. The molecule has 1 N–H and O–H groups in total. The summed E-state index contributed by atoms with van der Waals surface area (Å²) in [5.41, 5.74) is 1.83. The van der Waals surface area contributed by atoms with Crippen LogP contribution in [0, 0.1) is 6.92 Å². The molecule has 3 aromatic rings. The molecule has 0 radical (unpaired) electrons. The molecule has 7 nitrogen and oxygen atoms in total. The van der Waals surface area contributed by atoms with Crippen molar-refractivity contribution in [2.45, 2.75) is 46.1 Å². The summed E-state index contributed by atoms with van der Waals surface area (Å²) in [5, 5.41) is 11.2. The Bertz CT molecular complexity index is 1410. The number of aryl methyl sites for hydroxylation is 1. The van der Waals surface area contributed by atoms with Crippen molar-refractivity contribution >= 4 is 40.0 Å². The van der Waals surface area contributed by atoms with Crippen molar-refractivity contribution in [1.82, 2.24) is 4.98 Å². The van der Waals surface area contributed by atoms with E-state index in [1.165, 1.54) is 17.9 Å². The Morgan fingerprint density at radius 2 is 1.89 bits per heavy atom. The molecule has 0 spiro atoms. The second-order valence-electron chi connectivity index (χ2n) is 9.04. The minimum atomic E-state index is -0.944. The van der Waals surface area contributed by atoms with E-state index in [1.807, 2.05) is 36.4 Å². The highest BCUT2D eigenvalue weighted by Gasteiger charge is 2.45. The van der Waals surface area contributed by atoms with Crippen molar-refractivity contribution in [3.8, 4) is 5.75 Å². The molecule has 0 bridgehead atoms. The fourth-order valence-corrected chi connectivity index (χ4v) is 5.31. The summed E-state index contributed by atoms with van der Waals surface area (Å²) in [4.78, 5) is 45.1. The quantitative estimate of drug-likeness (QED) is 0.175. The van der Waals surface area contributed by atoms with Crippen molar-refractivity contribution in [3.63, 3.8) is 0 Å². The SMILES string of the molecule is CCCCCOc1cccc(C2C(C(=O)/C=C/c3ccccc3)=C(O)C(=O)N2c2nc(C)c(C(C)=O)s2)c1. The summed E-state index contributed by atoms with van der Waals surface area (Å²) >= 11 is 1.06. The molecular formula is C30H30N2O5S. The van der Waals surface area contributed by atoms with Gasteiger partial charge in [-0.2, -0.15) is 0 Å². The van der Waals surface area contributed by atoms with Crippen molar-refractivity contribution < 1.29 is 24.2 Å². The molecule has 1 aliphatic heterocycles. The number of ether oxygens (including phenoxy) is 1. The molecule has 0 saturated heterocycles. The van der Waals surface area contributed by atoms with Crippen LogP contribution in [0.15, 0.2) is 72.0 Å². The molecule has 2 heterocycles. The maximum absolute atomic E-state index is 13.5. The van der Waals surface area contributed by atoms with Gasteiger partial charge in [-0.25, -0.2) is 4.98 Å². The highest BCUT2D eigenvalue weighted by Crippen LogP contribution is 2.43. The lowest BCUT2D eigenvalue weighted by molar-refractivity contribution is -0.117. The van der Waals surface area contributed by atoms with E-state index >= 15 is 0 Å². The van der Waals surface area contributed by atoms with Gasteiger partial charge < -0.3 is 9.84 Å². The molecule has 196 valence electrons. The number of aliphatic hydroxyl groups is 1. The fourth-order valence-electron chi connectivity index (χ4n) is 4.32. The van der Waals surface area contributed by atoms with Crippen molar-refractivity contribution in [2.75, 3.05) is 11.5 Å². The molecule has 1 unspecified atom stereocenters. The van der Waals surface area contributed by atoms with Gasteiger partial charge in [0.05, 0.1) is 28.8 Å². The van der Waals surface area contributed by atoms with Gasteiger partial charge in [-0.05, 0) is 42.7 Å². The van der Waals surface area contributed by atoms with E-state index in [9.17, 15) is 19.5 Å². The predicted molar refractivity (Wildman–Crippen MR) is 149 cm³/mol. The zero-order valence-electron chi connectivity index (χ0n) is 21.6. The minimum Gasteiger partial charge on any atom is -0.503 e. The molecule has 2 aromatic carbocycles. The molecule has 1 amide bonds. The van der Waals surface area contributed by atoms with Crippen LogP contribution < -0.4 is 9.64 Å². The molecule has 1 aromatic heterocycles. The first-order chi connectivity index (χ1) is 18.3. The van der Waals surface area contributed by atoms with Crippen LogP contribution in [0.3, 0.4) is 0 Å². The number of benzene rings is 2. The van der Waals surface area contributed by atoms with Gasteiger partial charge in [-0.3, -0.25) is 19.3 Å². The van der Waals surface area contributed by atoms with E-state index in [-0.39, 0.29) is 16.5 Å². The number of unbranched alkanes of at least 4 members (excludes halogenated alkanes) is 2. The van der Waals surface area contributed by atoms with Crippen LogP contribution in [0.2, 0.25) is 0 Å². The van der Waals surface area contributed by atoms with E-state index in [4.69, 9.17) is 4.74 Å². The van der Waals surface area contributed by atoms with E-state index < -0.39 is 23.5 Å². The summed E-state index contributed by atoms with van der Waals surface area (Å²) in [5.74, 6) is -1.45. The van der Waals surface area contributed by atoms with Crippen LogP contribution in [-0.2, 0) is 9.59 Å². The van der Waals surface area contributed by atoms with Gasteiger partial charge in [0, 0.05) is 6.92 Å². The third-order valence-corrected chi connectivity index (χ3v) is 7.46. The minimum absolute atomic E-state index is 0.0532. The number of thiazole rings is 1. The lowest BCUT2D eigenvalue weighted by Crippen LogP contribution is -2.30. The predicted octanol–water partition coefficient (Wildman–Crippen LogP) is 6.41. The van der Waals surface area contributed by atoms with Gasteiger partial charge in [0.15, 0.2) is 22.5 Å². The number of anilines is 1. The van der Waals surface area contributed by atoms with Crippen LogP contribution >= 0.6 is 11.3 Å². The number of ketones is 2.